The topological polar surface area (TPSA) is 18.5 Å². The van der Waals surface area contributed by atoms with Crippen molar-refractivity contribution >= 4 is 7.12 Å². The maximum atomic E-state index is 14.4. The highest BCUT2D eigenvalue weighted by Crippen LogP contribution is 2.40. The van der Waals surface area contributed by atoms with Crippen LogP contribution < -0.4 is 0 Å². The molecule has 21 heavy (non-hydrogen) atoms. The molecule has 1 saturated heterocycles. The molecular weight excluding hydrogens is 266 g/mol. The molecule has 2 aliphatic rings. The molecular formula is C17H30BFO2. The largest absolute Gasteiger partial charge is 0.524 e. The Balaban J connectivity index is 1.94. The number of halogens is 1. The van der Waals surface area contributed by atoms with Gasteiger partial charge in [-0.25, -0.2) is 4.39 Å². The average molecular weight is 296 g/mol. The van der Waals surface area contributed by atoms with E-state index in [1.165, 1.54) is 12.8 Å². The molecule has 0 bridgehead atoms. The van der Waals surface area contributed by atoms with Gasteiger partial charge >= 0.3 is 7.12 Å². The molecule has 1 heterocycles. The second-order valence-corrected chi connectivity index (χ2v) is 8.06. The lowest BCUT2D eigenvalue weighted by Gasteiger charge is -2.32. The number of hydrogen-bond acceptors (Lipinski definition) is 2. The highest BCUT2D eigenvalue weighted by Gasteiger charge is 2.53. The summed E-state index contributed by atoms with van der Waals surface area (Å²) in [6, 6.07) is 0. The van der Waals surface area contributed by atoms with E-state index in [2.05, 4.69) is 13.8 Å². The monoisotopic (exact) mass is 296 g/mol. The third-order valence-corrected chi connectivity index (χ3v) is 5.63. The van der Waals surface area contributed by atoms with Crippen LogP contribution in [-0.2, 0) is 9.31 Å². The molecule has 1 aliphatic heterocycles. The molecule has 0 radical (unpaired) electrons. The summed E-state index contributed by atoms with van der Waals surface area (Å²) in [4.78, 5) is 0. The van der Waals surface area contributed by atoms with Crippen LogP contribution in [0.4, 0.5) is 4.39 Å². The van der Waals surface area contributed by atoms with Crippen molar-refractivity contribution in [2.75, 3.05) is 0 Å². The van der Waals surface area contributed by atoms with E-state index in [9.17, 15) is 4.39 Å². The lowest BCUT2D eigenvalue weighted by molar-refractivity contribution is 0.00578. The third-order valence-electron chi connectivity index (χ3n) is 5.63. The quantitative estimate of drug-likeness (QED) is 0.687. The standard InChI is InChI=1S/C17H30BFO2/c1-12(2)14-9-7-13(8-10-14)11-15(19)18-20-16(3,4)17(5,6)21-18/h11-14H,7-10H2,1-6H3. The molecule has 0 aromatic rings. The van der Waals surface area contributed by atoms with Crippen LogP contribution in [0, 0.1) is 17.8 Å². The Bertz CT molecular complexity index is 380. The lowest BCUT2D eigenvalue weighted by Crippen LogP contribution is -2.41. The van der Waals surface area contributed by atoms with Gasteiger partial charge in [0.25, 0.3) is 0 Å². The van der Waals surface area contributed by atoms with Gasteiger partial charge in [-0.15, -0.1) is 0 Å². The van der Waals surface area contributed by atoms with Gasteiger partial charge in [0.05, 0.1) is 11.2 Å². The minimum Gasteiger partial charge on any atom is -0.398 e. The molecule has 0 unspecified atom stereocenters. The Morgan fingerprint density at radius 3 is 1.95 bits per heavy atom. The second-order valence-electron chi connectivity index (χ2n) is 8.06. The Morgan fingerprint density at radius 2 is 1.52 bits per heavy atom. The van der Waals surface area contributed by atoms with E-state index in [4.69, 9.17) is 9.31 Å². The van der Waals surface area contributed by atoms with Crippen LogP contribution in [0.5, 0.6) is 0 Å². The number of rotatable bonds is 3. The van der Waals surface area contributed by atoms with Gasteiger partial charge in [-0.2, -0.15) is 0 Å². The van der Waals surface area contributed by atoms with Gasteiger partial charge in [0.2, 0.25) is 0 Å². The van der Waals surface area contributed by atoms with Crippen LogP contribution in [-0.4, -0.2) is 18.3 Å². The van der Waals surface area contributed by atoms with Crippen molar-refractivity contribution in [1.82, 2.24) is 0 Å². The first-order chi connectivity index (χ1) is 9.62. The van der Waals surface area contributed by atoms with Crippen LogP contribution in [0.25, 0.3) is 0 Å². The van der Waals surface area contributed by atoms with Gasteiger partial charge in [0, 0.05) is 0 Å². The van der Waals surface area contributed by atoms with Crippen LogP contribution in [0.2, 0.25) is 0 Å². The molecule has 1 saturated carbocycles. The molecule has 0 amide bonds. The summed E-state index contributed by atoms with van der Waals surface area (Å²) >= 11 is 0. The first-order valence-electron chi connectivity index (χ1n) is 8.35. The SMILES string of the molecule is CC(C)C1CCC(C=C(F)B2OC(C)(C)C(C)(C)O2)CC1. The molecule has 2 nitrogen and oxygen atoms in total. The predicted octanol–water partition coefficient (Wildman–Crippen LogP) is 4.93. The van der Waals surface area contributed by atoms with Gasteiger partial charge in [0.1, 0.15) is 5.73 Å². The van der Waals surface area contributed by atoms with Crippen LogP contribution in [0.1, 0.15) is 67.2 Å². The minimum absolute atomic E-state index is 0.248. The third kappa shape index (κ3) is 3.71. The summed E-state index contributed by atoms with van der Waals surface area (Å²) < 4.78 is 26.0. The van der Waals surface area contributed by atoms with E-state index in [0.717, 1.165) is 24.7 Å². The number of hydrogen-bond donors (Lipinski definition) is 0. The summed E-state index contributed by atoms with van der Waals surface area (Å²) in [5.41, 5.74) is -1.20. The normalized spacial score (nSPS) is 32.8. The molecule has 4 heteroatoms. The molecule has 0 spiro atoms. The van der Waals surface area contributed by atoms with E-state index >= 15 is 0 Å². The van der Waals surface area contributed by atoms with Crippen LogP contribution >= 0.6 is 0 Å². The fraction of sp³-hybridized carbons (Fsp3) is 0.882. The van der Waals surface area contributed by atoms with Crippen molar-refractivity contribution in [2.45, 2.75) is 78.4 Å². The zero-order chi connectivity index (χ0) is 15.8. The van der Waals surface area contributed by atoms with Crippen LogP contribution in [0.3, 0.4) is 0 Å². The van der Waals surface area contributed by atoms with E-state index in [1.807, 2.05) is 27.7 Å². The molecule has 1 aliphatic carbocycles. The molecule has 0 aromatic heterocycles. The summed E-state index contributed by atoms with van der Waals surface area (Å²) in [5.74, 6) is 1.87. The maximum Gasteiger partial charge on any atom is 0.524 e. The fourth-order valence-corrected chi connectivity index (χ4v) is 3.24. The van der Waals surface area contributed by atoms with E-state index in [0.29, 0.717) is 5.92 Å². The Morgan fingerprint density at radius 1 is 1.05 bits per heavy atom. The van der Waals surface area contributed by atoms with Gasteiger partial charge in [0.15, 0.2) is 0 Å². The summed E-state index contributed by atoms with van der Waals surface area (Å²) in [6.07, 6.45) is 6.31. The van der Waals surface area contributed by atoms with Gasteiger partial charge in [-0.1, -0.05) is 19.9 Å². The zero-order valence-corrected chi connectivity index (χ0v) is 14.4. The molecule has 120 valence electrons. The molecule has 0 atom stereocenters. The van der Waals surface area contributed by atoms with Gasteiger partial charge in [-0.05, 0) is 71.1 Å². The molecule has 0 aromatic carbocycles. The van der Waals surface area contributed by atoms with Gasteiger partial charge in [-0.3, -0.25) is 0 Å². The van der Waals surface area contributed by atoms with Crippen molar-refractivity contribution in [2.24, 2.45) is 17.8 Å². The van der Waals surface area contributed by atoms with E-state index in [1.54, 1.807) is 6.08 Å². The van der Waals surface area contributed by atoms with E-state index < -0.39 is 18.3 Å². The fourth-order valence-electron chi connectivity index (χ4n) is 3.24. The van der Waals surface area contributed by atoms with Gasteiger partial charge < -0.3 is 9.31 Å². The Hall–Kier alpha value is -0.345. The lowest BCUT2D eigenvalue weighted by atomic mass is 9.75. The molecule has 2 fully saturated rings. The molecule has 2 rings (SSSR count). The van der Waals surface area contributed by atoms with Crippen molar-refractivity contribution < 1.29 is 13.7 Å². The summed E-state index contributed by atoms with van der Waals surface area (Å²) in [7, 11) is -0.835. The maximum absolute atomic E-state index is 14.4. The van der Waals surface area contributed by atoms with Crippen molar-refractivity contribution in [3.63, 3.8) is 0 Å². The Labute approximate surface area is 129 Å². The minimum atomic E-state index is -0.835. The highest BCUT2D eigenvalue weighted by molar-refractivity contribution is 6.53. The average Bonchev–Trinajstić information content (AvgIpc) is 2.59. The second kappa shape index (κ2) is 6.04. The smallest absolute Gasteiger partial charge is 0.398 e. The Kier molecular flexibility index (Phi) is 4.89. The summed E-state index contributed by atoms with van der Waals surface area (Å²) in [5, 5.41) is 0. The van der Waals surface area contributed by atoms with E-state index in [-0.39, 0.29) is 5.73 Å². The van der Waals surface area contributed by atoms with Crippen LogP contribution in [0.15, 0.2) is 11.8 Å². The molecule has 0 N–H and O–H groups in total. The first kappa shape index (κ1) is 17.0. The predicted molar refractivity (Wildman–Crippen MR) is 85.6 cm³/mol. The van der Waals surface area contributed by atoms with Crippen molar-refractivity contribution in [3.05, 3.63) is 11.8 Å². The first-order valence-corrected chi connectivity index (χ1v) is 8.35. The zero-order valence-electron chi connectivity index (χ0n) is 14.4. The summed E-state index contributed by atoms with van der Waals surface area (Å²) in [6.45, 7) is 12.4. The highest BCUT2D eigenvalue weighted by atomic mass is 19.1. The number of allylic oxidation sites excluding steroid dienone is 1. The van der Waals surface area contributed by atoms with Crippen molar-refractivity contribution in [3.8, 4) is 0 Å². The van der Waals surface area contributed by atoms with Crippen molar-refractivity contribution in [1.29, 1.82) is 0 Å².